The molecule has 6 heteroatoms. The van der Waals surface area contributed by atoms with Crippen LogP contribution in [0.2, 0.25) is 0 Å². The van der Waals surface area contributed by atoms with Crippen LogP contribution in [0, 0.1) is 5.82 Å². The van der Waals surface area contributed by atoms with E-state index in [0.717, 1.165) is 0 Å². The number of aliphatic hydroxyl groups is 1. The van der Waals surface area contributed by atoms with E-state index >= 15 is 0 Å². The summed E-state index contributed by atoms with van der Waals surface area (Å²) in [5.74, 6) is -0.261. The summed E-state index contributed by atoms with van der Waals surface area (Å²) in [7, 11) is -2.99. The second-order valence-corrected chi connectivity index (χ2v) is 7.03. The molecule has 0 unspecified atom stereocenters. The Balaban J connectivity index is 2.15. The minimum atomic E-state index is -2.99. The standard InChI is InChI=1S/C12H16FNO3S/c13-10-2-1-3-11(8-10)14-12(9-15)4-6-18(16,17)7-5-12/h1-3,8,14-15H,4-7,9H2. The summed E-state index contributed by atoms with van der Waals surface area (Å²) in [5.41, 5.74) is -0.109. The molecule has 2 rings (SSSR count). The fourth-order valence-electron chi connectivity index (χ4n) is 2.12. The van der Waals surface area contributed by atoms with Gasteiger partial charge in [-0.2, -0.15) is 0 Å². The Kier molecular flexibility index (Phi) is 3.59. The van der Waals surface area contributed by atoms with Crippen molar-refractivity contribution in [3.8, 4) is 0 Å². The molecule has 1 aliphatic heterocycles. The molecule has 0 saturated carbocycles. The summed E-state index contributed by atoms with van der Waals surface area (Å²) >= 11 is 0. The van der Waals surface area contributed by atoms with Crippen LogP contribution in [0.3, 0.4) is 0 Å². The molecule has 0 aromatic heterocycles. The van der Waals surface area contributed by atoms with Crippen molar-refractivity contribution < 1.29 is 17.9 Å². The molecule has 1 fully saturated rings. The van der Waals surface area contributed by atoms with Crippen molar-refractivity contribution in [2.75, 3.05) is 23.4 Å². The lowest BCUT2D eigenvalue weighted by atomic mass is 9.93. The molecule has 0 amide bonds. The van der Waals surface area contributed by atoms with Crippen LogP contribution >= 0.6 is 0 Å². The molecule has 1 heterocycles. The normalized spacial score (nSPS) is 21.4. The van der Waals surface area contributed by atoms with E-state index in [1.54, 1.807) is 12.1 Å². The van der Waals surface area contributed by atoms with Crippen LogP contribution in [0.1, 0.15) is 12.8 Å². The van der Waals surface area contributed by atoms with Crippen molar-refractivity contribution in [3.63, 3.8) is 0 Å². The van der Waals surface area contributed by atoms with Crippen LogP contribution in [-0.4, -0.2) is 37.2 Å². The van der Waals surface area contributed by atoms with E-state index in [2.05, 4.69) is 5.32 Å². The van der Waals surface area contributed by atoms with E-state index in [0.29, 0.717) is 18.5 Å². The first kappa shape index (κ1) is 13.3. The molecule has 1 aromatic rings. The third-order valence-electron chi connectivity index (χ3n) is 3.32. The molecule has 0 spiro atoms. The number of rotatable bonds is 3. The van der Waals surface area contributed by atoms with Gasteiger partial charge < -0.3 is 10.4 Å². The number of halogens is 1. The lowest BCUT2D eigenvalue weighted by molar-refractivity contribution is 0.200. The van der Waals surface area contributed by atoms with Gasteiger partial charge in [-0.05, 0) is 31.0 Å². The van der Waals surface area contributed by atoms with E-state index < -0.39 is 15.4 Å². The fraction of sp³-hybridized carbons (Fsp3) is 0.500. The smallest absolute Gasteiger partial charge is 0.150 e. The number of aliphatic hydroxyl groups excluding tert-OH is 1. The van der Waals surface area contributed by atoms with E-state index in [-0.39, 0.29) is 23.9 Å². The molecule has 100 valence electrons. The molecule has 0 bridgehead atoms. The molecule has 4 nitrogen and oxygen atoms in total. The second-order valence-electron chi connectivity index (χ2n) is 4.73. The van der Waals surface area contributed by atoms with E-state index in [1.807, 2.05) is 0 Å². The van der Waals surface area contributed by atoms with Gasteiger partial charge in [0.15, 0.2) is 9.84 Å². The Hall–Kier alpha value is -1.14. The van der Waals surface area contributed by atoms with Crippen LogP contribution in [0.4, 0.5) is 10.1 Å². The number of hydrogen-bond donors (Lipinski definition) is 2. The van der Waals surface area contributed by atoms with Gasteiger partial charge in [0, 0.05) is 5.69 Å². The van der Waals surface area contributed by atoms with Gasteiger partial charge in [0.05, 0.1) is 23.7 Å². The molecule has 1 aliphatic rings. The minimum Gasteiger partial charge on any atom is -0.394 e. The third kappa shape index (κ3) is 3.00. The zero-order valence-corrected chi connectivity index (χ0v) is 10.7. The van der Waals surface area contributed by atoms with Crippen LogP contribution < -0.4 is 5.32 Å². The molecule has 1 saturated heterocycles. The Morgan fingerprint density at radius 2 is 2.00 bits per heavy atom. The van der Waals surface area contributed by atoms with Crippen LogP contribution in [0.5, 0.6) is 0 Å². The second kappa shape index (κ2) is 4.85. The largest absolute Gasteiger partial charge is 0.394 e. The number of hydrogen-bond acceptors (Lipinski definition) is 4. The maximum atomic E-state index is 13.1. The van der Waals surface area contributed by atoms with Crippen molar-refractivity contribution in [3.05, 3.63) is 30.1 Å². The van der Waals surface area contributed by atoms with Gasteiger partial charge in [-0.3, -0.25) is 0 Å². The molecule has 0 atom stereocenters. The lowest BCUT2D eigenvalue weighted by Gasteiger charge is -2.37. The highest BCUT2D eigenvalue weighted by molar-refractivity contribution is 7.91. The molecule has 0 aliphatic carbocycles. The third-order valence-corrected chi connectivity index (χ3v) is 4.97. The first-order chi connectivity index (χ1) is 8.45. The maximum absolute atomic E-state index is 13.1. The van der Waals surface area contributed by atoms with E-state index in [9.17, 15) is 17.9 Å². The zero-order chi connectivity index (χ0) is 13.2. The predicted molar refractivity (Wildman–Crippen MR) is 67.7 cm³/mol. The van der Waals surface area contributed by atoms with Gasteiger partial charge in [0.25, 0.3) is 0 Å². The van der Waals surface area contributed by atoms with Crippen molar-refractivity contribution in [2.45, 2.75) is 18.4 Å². The van der Waals surface area contributed by atoms with Crippen molar-refractivity contribution in [1.29, 1.82) is 0 Å². The zero-order valence-electron chi connectivity index (χ0n) is 9.89. The van der Waals surface area contributed by atoms with Crippen LogP contribution in [-0.2, 0) is 9.84 Å². The van der Waals surface area contributed by atoms with Crippen molar-refractivity contribution in [2.24, 2.45) is 0 Å². The van der Waals surface area contributed by atoms with Gasteiger partial charge in [-0.15, -0.1) is 0 Å². The Bertz CT molecular complexity index is 516. The molecular formula is C12H16FNO3S. The van der Waals surface area contributed by atoms with Crippen molar-refractivity contribution >= 4 is 15.5 Å². The van der Waals surface area contributed by atoms with Crippen molar-refractivity contribution in [1.82, 2.24) is 0 Å². The highest BCUT2D eigenvalue weighted by atomic mass is 32.2. The highest BCUT2D eigenvalue weighted by Gasteiger charge is 2.36. The summed E-state index contributed by atoms with van der Waals surface area (Å²) in [5, 5.41) is 12.6. The average Bonchev–Trinajstić information content (AvgIpc) is 2.33. The summed E-state index contributed by atoms with van der Waals surface area (Å²) in [6.07, 6.45) is 0.671. The molecule has 1 aromatic carbocycles. The highest BCUT2D eigenvalue weighted by Crippen LogP contribution is 2.28. The molecule has 0 radical (unpaired) electrons. The SMILES string of the molecule is O=S1(=O)CCC(CO)(Nc2cccc(F)c2)CC1. The Morgan fingerprint density at radius 1 is 1.33 bits per heavy atom. The van der Waals surface area contributed by atoms with Gasteiger partial charge in [0.1, 0.15) is 5.82 Å². The first-order valence-electron chi connectivity index (χ1n) is 5.80. The van der Waals surface area contributed by atoms with Gasteiger partial charge in [-0.25, -0.2) is 12.8 Å². The minimum absolute atomic E-state index is 0.0515. The monoisotopic (exact) mass is 273 g/mol. The summed E-state index contributed by atoms with van der Waals surface area (Å²) < 4.78 is 35.9. The lowest BCUT2D eigenvalue weighted by Crippen LogP contribution is -2.48. The summed E-state index contributed by atoms with van der Waals surface area (Å²) in [6.45, 7) is -0.168. The van der Waals surface area contributed by atoms with Gasteiger partial charge >= 0.3 is 0 Å². The maximum Gasteiger partial charge on any atom is 0.150 e. The Labute approximate surface area is 106 Å². The fourth-order valence-corrected chi connectivity index (χ4v) is 3.73. The molecule has 2 N–H and O–H groups in total. The number of anilines is 1. The van der Waals surface area contributed by atoms with E-state index in [4.69, 9.17) is 0 Å². The summed E-state index contributed by atoms with van der Waals surface area (Å²) in [6, 6.07) is 5.94. The first-order valence-corrected chi connectivity index (χ1v) is 7.62. The molecular weight excluding hydrogens is 257 g/mol. The Morgan fingerprint density at radius 3 is 2.56 bits per heavy atom. The summed E-state index contributed by atoms with van der Waals surface area (Å²) in [4.78, 5) is 0. The topological polar surface area (TPSA) is 66.4 Å². The number of sulfone groups is 1. The van der Waals surface area contributed by atoms with Gasteiger partial charge in [-0.1, -0.05) is 6.07 Å². The van der Waals surface area contributed by atoms with Gasteiger partial charge in [0.2, 0.25) is 0 Å². The van der Waals surface area contributed by atoms with Crippen LogP contribution in [0.15, 0.2) is 24.3 Å². The predicted octanol–water partition coefficient (Wildman–Crippen LogP) is 1.18. The molecule has 18 heavy (non-hydrogen) atoms. The number of benzene rings is 1. The van der Waals surface area contributed by atoms with E-state index in [1.165, 1.54) is 12.1 Å². The quantitative estimate of drug-likeness (QED) is 0.868. The number of nitrogens with one attached hydrogen (secondary N) is 1. The van der Waals surface area contributed by atoms with Crippen LogP contribution in [0.25, 0.3) is 0 Å². The average molecular weight is 273 g/mol.